The third-order valence-corrected chi connectivity index (χ3v) is 7.16. The summed E-state index contributed by atoms with van der Waals surface area (Å²) in [7, 11) is 0. The van der Waals surface area contributed by atoms with Crippen LogP contribution >= 0.6 is 34.8 Å². The van der Waals surface area contributed by atoms with Crippen LogP contribution in [0.4, 0.5) is 0 Å². The van der Waals surface area contributed by atoms with Gasteiger partial charge in [-0.05, 0) is 81.2 Å². The average molecular weight is 532 g/mol. The molecule has 0 bridgehead atoms. The zero-order valence-electron chi connectivity index (χ0n) is 19.2. The molecule has 1 saturated heterocycles. The van der Waals surface area contributed by atoms with Gasteiger partial charge in [0.1, 0.15) is 17.0 Å². The predicted molar refractivity (Wildman–Crippen MR) is 141 cm³/mol. The lowest BCUT2D eigenvalue weighted by Gasteiger charge is -2.22. The van der Waals surface area contributed by atoms with Crippen LogP contribution in [0.5, 0.6) is 0 Å². The van der Waals surface area contributed by atoms with E-state index in [1.165, 1.54) is 0 Å². The molecule has 5 rings (SSSR count). The SMILES string of the molecule is Cc1cc(C(=O)NCC2CCNCC2)nn1Cc1cc(Cl)cc2cc(-c3ccc(Cl)cc3Cl)oc12. The van der Waals surface area contributed by atoms with E-state index in [-0.39, 0.29) is 5.91 Å². The molecule has 1 aliphatic heterocycles. The van der Waals surface area contributed by atoms with E-state index >= 15 is 0 Å². The van der Waals surface area contributed by atoms with Crippen molar-refractivity contribution in [1.82, 2.24) is 20.4 Å². The summed E-state index contributed by atoms with van der Waals surface area (Å²) in [6, 6.07) is 12.7. The number of nitrogens with one attached hydrogen (secondary N) is 2. The van der Waals surface area contributed by atoms with Gasteiger partial charge in [0.05, 0.1) is 11.6 Å². The van der Waals surface area contributed by atoms with E-state index in [1.807, 2.05) is 31.2 Å². The largest absolute Gasteiger partial charge is 0.456 e. The number of halogens is 3. The van der Waals surface area contributed by atoms with Crippen molar-refractivity contribution in [2.45, 2.75) is 26.3 Å². The third kappa shape index (κ3) is 5.36. The molecule has 1 aliphatic rings. The molecule has 2 aromatic heterocycles. The Morgan fingerprint density at radius 3 is 2.69 bits per heavy atom. The molecule has 9 heteroatoms. The first-order valence-electron chi connectivity index (χ1n) is 11.6. The molecule has 0 aliphatic carbocycles. The number of hydrogen-bond acceptors (Lipinski definition) is 4. The van der Waals surface area contributed by atoms with Crippen molar-refractivity contribution in [3.8, 4) is 11.3 Å². The number of benzene rings is 2. The Hall–Kier alpha value is -2.51. The summed E-state index contributed by atoms with van der Waals surface area (Å²) in [5, 5.41) is 13.5. The number of piperidine rings is 1. The minimum atomic E-state index is -0.153. The molecule has 0 saturated carbocycles. The summed E-state index contributed by atoms with van der Waals surface area (Å²) in [4.78, 5) is 12.7. The van der Waals surface area contributed by atoms with Gasteiger partial charge in [-0.2, -0.15) is 5.10 Å². The summed E-state index contributed by atoms with van der Waals surface area (Å²) in [6.45, 7) is 5.01. The van der Waals surface area contributed by atoms with E-state index in [0.717, 1.165) is 48.1 Å². The second kappa shape index (κ2) is 10.2. The molecule has 35 heavy (non-hydrogen) atoms. The highest BCUT2D eigenvalue weighted by Gasteiger charge is 2.19. The third-order valence-electron chi connectivity index (χ3n) is 6.40. The highest BCUT2D eigenvalue weighted by Crippen LogP contribution is 2.36. The summed E-state index contributed by atoms with van der Waals surface area (Å²) in [5.41, 5.74) is 3.58. The van der Waals surface area contributed by atoms with Gasteiger partial charge in [0.25, 0.3) is 5.91 Å². The summed E-state index contributed by atoms with van der Waals surface area (Å²) >= 11 is 18.9. The van der Waals surface area contributed by atoms with Gasteiger partial charge in [-0.1, -0.05) is 34.8 Å². The Kier molecular flexibility index (Phi) is 7.07. The Morgan fingerprint density at radius 1 is 1.11 bits per heavy atom. The first-order chi connectivity index (χ1) is 16.9. The fourth-order valence-corrected chi connectivity index (χ4v) is 5.23. The number of nitrogens with zero attached hydrogens (tertiary/aromatic N) is 2. The zero-order chi connectivity index (χ0) is 24.5. The van der Waals surface area contributed by atoms with Gasteiger partial charge in [-0.3, -0.25) is 9.48 Å². The van der Waals surface area contributed by atoms with Crippen molar-refractivity contribution in [3.63, 3.8) is 0 Å². The lowest BCUT2D eigenvalue weighted by Crippen LogP contribution is -2.36. The van der Waals surface area contributed by atoms with Gasteiger partial charge < -0.3 is 15.1 Å². The number of furan rings is 1. The quantitative estimate of drug-likeness (QED) is 0.304. The number of fused-ring (bicyclic) bond motifs is 1. The predicted octanol–water partition coefficient (Wildman–Crippen LogP) is 6.34. The highest BCUT2D eigenvalue weighted by atomic mass is 35.5. The Balaban J connectivity index is 1.38. The monoisotopic (exact) mass is 530 g/mol. The molecule has 182 valence electrons. The van der Waals surface area contributed by atoms with Crippen LogP contribution in [0.2, 0.25) is 15.1 Å². The fraction of sp³-hybridized carbons (Fsp3) is 0.308. The van der Waals surface area contributed by atoms with E-state index in [2.05, 4.69) is 15.7 Å². The Bertz CT molecular complexity index is 1390. The van der Waals surface area contributed by atoms with Gasteiger partial charge in [-0.25, -0.2) is 0 Å². The van der Waals surface area contributed by atoms with Crippen molar-refractivity contribution >= 4 is 51.7 Å². The topological polar surface area (TPSA) is 72.1 Å². The highest BCUT2D eigenvalue weighted by molar-refractivity contribution is 6.36. The lowest BCUT2D eigenvalue weighted by atomic mass is 9.98. The smallest absolute Gasteiger partial charge is 0.271 e. The van der Waals surface area contributed by atoms with E-state index < -0.39 is 0 Å². The van der Waals surface area contributed by atoms with Gasteiger partial charge >= 0.3 is 0 Å². The molecule has 1 amide bonds. The van der Waals surface area contributed by atoms with E-state index in [9.17, 15) is 4.79 Å². The number of carbonyl (C=O) groups is 1. The molecular weight excluding hydrogens is 507 g/mol. The molecule has 2 aromatic carbocycles. The molecule has 1 fully saturated rings. The van der Waals surface area contributed by atoms with Crippen LogP contribution in [-0.4, -0.2) is 35.3 Å². The number of amides is 1. The molecule has 4 aromatic rings. The molecule has 0 radical (unpaired) electrons. The lowest BCUT2D eigenvalue weighted by molar-refractivity contribution is 0.0938. The molecule has 2 N–H and O–H groups in total. The number of carbonyl (C=O) groups excluding carboxylic acids is 1. The molecule has 0 unspecified atom stereocenters. The van der Waals surface area contributed by atoms with Crippen molar-refractivity contribution in [3.05, 3.63) is 74.5 Å². The normalized spacial score (nSPS) is 14.5. The van der Waals surface area contributed by atoms with Crippen LogP contribution in [0.3, 0.4) is 0 Å². The van der Waals surface area contributed by atoms with Gasteiger partial charge in [0.15, 0.2) is 0 Å². The van der Waals surface area contributed by atoms with Crippen LogP contribution in [0.15, 0.2) is 46.9 Å². The van der Waals surface area contributed by atoms with Gasteiger partial charge in [0.2, 0.25) is 0 Å². The van der Waals surface area contributed by atoms with E-state index in [0.29, 0.717) is 51.1 Å². The van der Waals surface area contributed by atoms with Gasteiger partial charge in [-0.15, -0.1) is 0 Å². The number of hydrogen-bond donors (Lipinski definition) is 2. The minimum Gasteiger partial charge on any atom is -0.456 e. The van der Waals surface area contributed by atoms with Crippen molar-refractivity contribution < 1.29 is 9.21 Å². The van der Waals surface area contributed by atoms with Crippen LogP contribution in [0.25, 0.3) is 22.3 Å². The van der Waals surface area contributed by atoms with Crippen molar-refractivity contribution in [2.75, 3.05) is 19.6 Å². The fourth-order valence-electron chi connectivity index (χ4n) is 4.48. The Labute approximate surface area is 218 Å². The number of aromatic nitrogens is 2. The Morgan fingerprint density at radius 2 is 1.91 bits per heavy atom. The zero-order valence-corrected chi connectivity index (χ0v) is 21.5. The van der Waals surface area contributed by atoms with Crippen molar-refractivity contribution in [2.24, 2.45) is 5.92 Å². The average Bonchev–Trinajstić information content (AvgIpc) is 3.41. The molecule has 6 nitrogen and oxygen atoms in total. The van der Waals surface area contributed by atoms with E-state index in [4.69, 9.17) is 39.2 Å². The van der Waals surface area contributed by atoms with Crippen LogP contribution in [0, 0.1) is 12.8 Å². The minimum absolute atomic E-state index is 0.153. The second-order valence-corrected chi connectivity index (χ2v) is 10.2. The van der Waals surface area contributed by atoms with Crippen molar-refractivity contribution in [1.29, 1.82) is 0 Å². The molecule has 0 spiro atoms. The summed E-state index contributed by atoms with van der Waals surface area (Å²) < 4.78 is 8.01. The number of aryl methyl sites for hydroxylation is 1. The van der Waals surface area contributed by atoms with Gasteiger partial charge in [0, 0.05) is 38.8 Å². The maximum Gasteiger partial charge on any atom is 0.271 e. The van der Waals surface area contributed by atoms with Crippen LogP contribution in [-0.2, 0) is 6.54 Å². The maximum absolute atomic E-state index is 12.7. The molecular formula is C26H25Cl3N4O2. The maximum atomic E-state index is 12.7. The first kappa shape index (κ1) is 24.2. The van der Waals surface area contributed by atoms with Crippen LogP contribution in [0.1, 0.15) is 34.6 Å². The summed E-state index contributed by atoms with van der Waals surface area (Å²) in [5.74, 6) is 0.977. The molecule has 3 heterocycles. The van der Waals surface area contributed by atoms with E-state index in [1.54, 1.807) is 22.9 Å². The summed E-state index contributed by atoms with van der Waals surface area (Å²) in [6.07, 6.45) is 2.15. The molecule has 0 atom stereocenters. The standard InChI is InChI=1S/C26H25Cl3N4O2/c1-15-8-23(26(34)31-13-16-4-6-30-7-5-16)32-33(15)14-18-10-20(28)9-17-11-24(35-25(17)18)21-3-2-19(27)12-22(21)29/h2-3,8-12,16,30H,4-7,13-14H2,1H3,(H,31,34). The number of rotatable bonds is 6. The first-order valence-corrected chi connectivity index (χ1v) is 12.7. The van der Waals surface area contributed by atoms with Crippen LogP contribution < -0.4 is 10.6 Å². The second-order valence-electron chi connectivity index (χ2n) is 8.95.